The van der Waals surface area contributed by atoms with Gasteiger partial charge in [-0.15, -0.1) is 0 Å². The van der Waals surface area contributed by atoms with Gasteiger partial charge in [-0.05, 0) is 52.7 Å². The van der Waals surface area contributed by atoms with Crippen LogP contribution in [0.15, 0.2) is 65.2 Å². The molecule has 0 bridgehead atoms. The summed E-state index contributed by atoms with van der Waals surface area (Å²) in [6.07, 6.45) is 0. The van der Waals surface area contributed by atoms with Crippen LogP contribution in [0.1, 0.15) is 5.56 Å². The van der Waals surface area contributed by atoms with Gasteiger partial charge in [0.05, 0.1) is 0 Å². The summed E-state index contributed by atoms with van der Waals surface area (Å²) in [4.78, 5) is 16.4. The molecule has 0 atom stereocenters. The summed E-state index contributed by atoms with van der Waals surface area (Å²) in [6, 6.07) is 18.9. The minimum atomic E-state index is -0.391. The number of carbonyl (C=O) groups excluding carboxylic acids is 1. The molecule has 1 aromatic heterocycles. The predicted octanol–water partition coefficient (Wildman–Crippen LogP) is 4.87. The summed E-state index contributed by atoms with van der Waals surface area (Å²) in [5.41, 5.74) is 1.68. The number of ether oxygens (including phenoxy) is 1. The van der Waals surface area contributed by atoms with Crippen LogP contribution in [-0.4, -0.2) is 22.7 Å². The molecule has 0 aliphatic rings. The minimum absolute atomic E-state index is 0.0869. The lowest BCUT2D eigenvalue weighted by atomic mass is 10.0. The molecule has 140 valence electrons. The summed E-state index contributed by atoms with van der Waals surface area (Å²) in [6.45, 7) is 1.68. The van der Waals surface area contributed by atoms with E-state index in [0.717, 1.165) is 21.9 Å². The van der Waals surface area contributed by atoms with Crippen LogP contribution < -0.4 is 10.1 Å². The van der Waals surface area contributed by atoms with Gasteiger partial charge in [-0.2, -0.15) is 4.98 Å². The molecule has 0 radical (unpaired) electrons. The molecular weight excluding hydrogens is 378 g/mol. The molecule has 0 spiro atoms. The quantitative estimate of drug-likeness (QED) is 0.523. The first-order valence-corrected chi connectivity index (χ1v) is 8.98. The Morgan fingerprint density at radius 1 is 1.14 bits per heavy atom. The first-order valence-electron chi connectivity index (χ1n) is 8.61. The largest absolute Gasteiger partial charge is 0.484 e. The second-order valence-electron chi connectivity index (χ2n) is 6.20. The van der Waals surface area contributed by atoms with Gasteiger partial charge >= 0.3 is 0 Å². The molecule has 0 unspecified atom stereocenters. The molecule has 0 aliphatic carbocycles. The van der Waals surface area contributed by atoms with Crippen LogP contribution >= 0.6 is 11.6 Å². The van der Waals surface area contributed by atoms with Crippen molar-refractivity contribution in [3.63, 3.8) is 0 Å². The molecule has 7 heteroatoms. The molecule has 6 nitrogen and oxygen atoms in total. The molecule has 1 N–H and O–H groups in total. The Balaban J connectivity index is 1.44. The Bertz CT molecular complexity index is 1150. The van der Waals surface area contributed by atoms with Crippen molar-refractivity contribution in [1.29, 1.82) is 0 Å². The van der Waals surface area contributed by atoms with E-state index >= 15 is 0 Å². The number of rotatable bonds is 5. The highest BCUT2D eigenvalue weighted by atomic mass is 35.5. The first-order chi connectivity index (χ1) is 13.6. The molecule has 4 rings (SSSR count). The highest BCUT2D eigenvalue weighted by molar-refractivity contribution is 6.31. The molecule has 0 saturated carbocycles. The zero-order chi connectivity index (χ0) is 19.5. The van der Waals surface area contributed by atoms with E-state index in [9.17, 15) is 4.79 Å². The zero-order valence-electron chi connectivity index (χ0n) is 15.0. The van der Waals surface area contributed by atoms with E-state index < -0.39 is 5.91 Å². The number of nitrogens with one attached hydrogen (secondary N) is 1. The lowest BCUT2D eigenvalue weighted by molar-refractivity contribution is -0.118. The molecule has 0 aliphatic heterocycles. The third-order valence-electron chi connectivity index (χ3n) is 4.20. The fourth-order valence-electron chi connectivity index (χ4n) is 2.81. The molecule has 4 aromatic rings. The van der Waals surface area contributed by atoms with Crippen LogP contribution in [0.4, 0.5) is 5.95 Å². The second kappa shape index (κ2) is 7.70. The third kappa shape index (κ3) is 3.82. The summed E-state index contributed by atoms with van der Waals surface area (Å²) in [5, 5.41) is 9.10. The monoisotopic (exact) mass is 393 g/mol. The number of aromatic nitrogens is 2. The van der Waals surface area contributed by atoms with Crippen LogP contribution in [0.5, 0.6) is 5.75 Å². The van der Waals surface area contributed by atoms with Gasteiger partial charge in [0.2, 0.25) is 0 Å². The Morgan fingerprint density at radius 3 is 2.82 bits per heavy atom. The van der Waals surface area contributed by atoms with E-state index in [0.29, 0.717) is 16.7 Å². The number of benzene rings is 3. The molecule has 0 saturated heterocycles. The van der Waals surface area contributed by atoms with E-state index in [1.54, 1.807) is 18.2 Å². The molecule has 3 aromatic carbocycles. The summed E-state index contributed by atoms with van der Waals surface area (Å²) in [5.74, 6) is 0.588. The van der Waals surface area contributed by atoms with Gasteiger partial charge in [0, 0.05) is 10.6 Å². The van der Waals surface area contributed by atoms with Gasteiger partial charge in [0.15, 0.2) is 6.61 Å². The van der Waals surface area contributed by atoms with E-state index in [4.69, 9.17) is 20.9 Å². The van der Waals surface area contributed by atoms with Crippen LogP contribution in [0.3, 0.4) is 0 Å². The maximum Gasteiger partial charge on any atom is 0.270 e. The lowest BCUT2D eigenvalue weighted by Gasteiger charge is -2.06. The number of hydrogen-bond acceptors (Lipinski definition) is 5. The SMILES string of the molecule is Cc1cc(OCC(=O)Nc2noc(-c3cccc4ccccc34)n2)ccc1Cl. The van der Waals surface area contributed by atoms with Crippen molar-refractivity contribution in [2.24, 2.45) is 0 Å². The smallest absolute Gasteiger partial charge is 0.270 e. The number of carbonyl (C=O) groups is 1. The summed E-state index contributed by atoms with van der Waals surface area (Å²) in [7, 11) is 0. The highest BCUT2D eigenvalue weighted by Crippen LogP contribution is 2.27. The van der Waals surface area contributed by atoms with Crippen molar-refractivity contribution in [2.75, 3.05) is 11.9 Å². The van der Waals surface area contributed by atoms with Crippen LogP contribution in [0, 0.1) is 6.92 Å². The van der Waals surface area contributed by atoms with Gasteiger partial charge < -0.3 is 9.26 Å². The second-order valence-corrected chi connectivity index (χ2v) is 6.60. The number of nitrogens with zero attached hydrogens (tertiary/aromatic N) is 2. The van der Waals surface area contributed by atoms with Gasteiger partial charge in [0.25, 0.3) is 17.7 Å². The van der Waals surface area contributed by atoms with Gasteiger partial charge in [-0.25, -0.2) is 0 Å². The fraction of sp³-hybridized carbons (Fsp3) is 0.0952. The summed E-state index contributed by atoms with van der Waals surface area (Å²) < 4.78 is 10.8. The highest BCUT2D eigenvalue weighted by Gasteiger charge is 2.14. The van der Waals surface area contributed by atoms with Crippen LogP contribution in [-0.2, 0) is 4.79 Å². The van der Waals surface area contributed by atoms with E-state index in [1.165, 1.54) is 0 Å². The number of aryl methyl sites for hydroxylation is 1. The van der Waals surface area contributed by atoms with Crippen molar-refractivity contribution in [1.82, 2.24) is 10.1 Å². The molecule has 28 heavy (non-hydrogen) atoms. The summed E-state index contributed by atoms with van der Waals surface area (Å²) >= 11 is 5.98. The van der Waals surface area contributed by atoms with Crippen molar-refractivity contribution >= 4 is 34.2 Å². The van der Waals surface area contributed by atoms with E-state index in [-0.39, 0.29) is 12.6 Å². The van der Waals surface area contributed by atoms with Crippen LogP contribution in [0.25, 0.3) is 22.2 Å². The lowest BCUT2D eigenvalue weighted by Crippen LogP contribution is -2.20. The maximum absolute atomic E-state index is 12.1. The maximum atomic E-state index is 12.1. The molecule has 1 amide bonds. The Kier molecular flexibility index (Phi) is 4.95. The average molecular weight is 394 g/mol. The van der Waals surface area contributed by atoms with Crippen molar-refractivity contribution in [3.05, 3.63) is 71.2 Å². The van der Waals surface area contributed by atoms with Gasteiger partial charge in [0.1, 0.15) is 5.75 Å². The third-order valence-corrected chi connectivity index (χ3v) is 4.62. The van der Waals surface area contributed by atoms with Crippen LogP contribution in [0.2, 0.25) is 5.02 Å². The first kappa shape index (κ1) is 18.0. The van der Waals surface area contributed by atoms with Gasteiger partial charge in [-0.1, -0.05) is 48.0 Å². The standard InChI is InChI=1S/C21H16ClN3O3/c1-13-11-15(9-10-18(13)22)27-12-19(26)23-21-24-20(28-25-21)17-8-4-6-14-5-2-3-7-16(14)17/h2-11H,12H2,1H3,(H,23,25,26). The molecular formula is C21H16ClN3O3. The van der Waals surface area contributed by atoms with Gasteiger partial charge in [-0.3, -0.25) is 10.1 Å². The van der Waals surface area contributed by atoms with Crippen molar-refractivity contribution < 1.29 is 14.1 Å². The molecule has 1 heterocycles. The van der Waals surface area contributed by atoms with Crippen molar-refractivity contribution in [3.8, 4) is 17.2 Å². The normalized spacial score (nSPS) is 10.8. The topological polar surface area (TPSA) is 77.2 Å². The average Bonchev–Trinajstić information content (AvgIpc) is 3.16. The fourth-order valence-corrected chi connectivity index (χ4v) is 2.93. The van der Waals surface area contributed by atoms with E-state index in [1.807, 2.05) is 49.4 Å². The Hall–Kier alpha value is -3.38. The zero-order valence-corrected chi connectivity index (χ0v) is 15.7. The number of anilines is 1. The predicted molar refractivity (Wildman–Crippen MR) is 108 cm³/mol. The molecule has 0 fully saturated rings. The number of fused-ring (bicyclic) bond motifs is 1. The Morgan fingerprint density at radius 2 is 1.96 bits per heavy atom. The number of amides is 1. The van der Waals surface area contributed by atoms with E-state index in [2.05, 4.69) is 15.5 Å². The minimum Gasteiger partial charge on any atom is -0.484 e. The van der Waals surface area contributed by atoms with Crippen molar-refractivity contribution in [2.45, 2.75) is 6.92 Å². The number of halogens is 1. The number of hydrogen-bond donors (Lipinski definition) is 1. The Labute approximate surface area is 166 Å².